The summed E-state index contributed by atoms with van der Waals surface area (Å²) in [5.41, 5.74) is 17.8. The Balaban J connectivity index is 2.61. The Morgan fingerprint density at radius 1 is 0.378 bits per heavy atom. The van der Waals surface area contributed by atoms with Gasteiger partial charge in [0.2, 0.25) is 65.0 Å². The number of nitrogens with one attached hydrogen (secondary N) is 11. The van der Waals surface area contributed by atoms with Crippen LogP contribution in [0.3, 0.4) is 0 Å². The first kappa shape index (κ1) is 84.9. The Kier molecular flexibility index (Phi) is 38.0. The smallest absolute Gasteiger partial charge is 0.326 e. The minimum Gasteiger partial charge on any atom is -0.481 e. The third-order valence-electron chi connectivity index (χ3n) is 15.9. The molecule has 2 rings (SSSR count). The molecule has 22 N–H and O–H groups in total. The third kappa shape index (κ3) is 30.1. The molecule has 2 aromatic carbocycles. The van der Waals surface area contributed by atoms with Gasteiger partial charge >= 0.3 is 17.9 Å². The Morgan fingerprint density at radius 2 is 0.714 bits per heavy atom. The van der Waals surface area contributed by atoms with E-state index in [0.29, 0.717) is 24.0 Å². The number of carboxylic acids is 3. The Labute approximate surface area is 569 Å². The number of amides is 11. The molecule has 14 atom stereocenters. The highest BCUT2D eigenvalue weighted by Gasteiger charge is 2.39. The number of benzene rings is 2. The van der Waals surface area contributed by atoms with Crippen molar-refractivity contribution >= 4 is 82.9 Å². The van der Waals surface area contributed by atoms with Crippen LogP contribution in [0.15, 0.2) is 60.7 Å². The second-order valence-corrected chi connectivity index (χ2v) is 24.7. The van der Waals surface area contributed by atoms with E-state index in [2.05, 4.69) is 58.5 Å². The number of carbonyl (C=O) groups excluding carboxylic acids is 11. The fraction of sp³-hybridized carbons (Fsp3) is 0.600. The maximum Gasteiger partial charge on any atom is 0.326 e. The number of unbranched alkanes of at least 4 members (excludes halogenated alkanes) is 2. The molecule has 33 nitrogen and oxygen atoms in total. The molecule has 0 radical (unpaired) electrons. The molecule has 546 valence electrons. The Hall–Kier alpha value is -9.18. The van der Waals surface area contributed by atoms with Crippen LogP contribution in [-0.2, 0) is 80.0 Å². The van der Waals surface area contributed by atoms with Crippen molar-refractivity contribution in [3.05, 3.63) is 71.8 Å². The number of aliphatic hydroxyl groups is 2. The molecule has 0 aliphatic rings. The highest BCUT2D eigenvalue weighted by Crippen LogP contribution is 2.15. The summed E-state index contributed by atoms with van der Waals surface area (Å²) < 4.78 is 0. The highest BCUT2D eigenvalue weighted by molar-refractivity contribution is 6.00. The minimum absolute atomic E-state index is 0.0538. The zero-order valence-corrected chi connectivity index (χ0v) is 56.8. The van der Waals surface area contributed by atoms with Gasteiger partial charge < -0.3 is 101 Å². The summed E-state index contributed by atoms with van der Waals surface area (Å²) in [5, 5.41) is 77.9. The van der Waals surface area contributed by atoms with Gasteiger partial charge in [-0.3, -0.25) is 62.3 Å². The summed E-state index contributed by atoms with van der Waals surface area (Å²) >= 11 is 0. The lowest BCUT2D eigenvalue weighted by molar-refractivity contribution is -0.144. The molecule has 0 unspecified atom stereocenters. The largest absolute Gasteiger partial charge is 0.481 e. The van der Waals surface area contributed by atoms with Gasteiger partial charge in [0.1, 0.15) is 66.5 Å². The topological polar surface area (TPSA) is 551 Å². The first-order valence-corrected chi connectivity index (χ1v) is 32.7. The lowest BCUT2D eigenvalue weighted by atomic mass is 9.96. The zero-order valence-electron chi connectivity index (χ0n) is 56.8. The van der Waals surface area contributed by atoms with E-state index in [1.165, 1.54) is 34.6 Å². The van der Waals surface area contributed by atoms with Crippen molar-refractivity contribution in [2.45, 2.75) is 211 Å². The lowest BCUT2D eigenvalue weighted by Crippen LogP contribution is -2.63. The first-order valence-electron chi connectivity index (χ1n) is 32.7. The van der Waals surface area contributed by atoms with E-state index < -0.39 is 205 Å². The van der Waals surface area contributed by atoms with Crippen LogP contribution in [-0.4, -0.2) is 207 Å². The van der Waals surface area contributed by atoms with Gasteiger partial charge in [-0.2, -0.15) is 0 Å². The van der Waals surface area contributed by atoms with Crippen LogP contribution in [0.1, 0.15) is 131 Å². The second-order valence-electron chi connectivity index (χ2n) is 24.7. The molecule has 11 amide bonds. The summed E-state index contributed by atoms with van der Waals surface area (Å²) in [5.74, 6) is -17.3. The molecule has 0 fully saturated rings. The van der Waals surface area contributed by atoms with Crippen molar-refractivity contribution in [2.24, 2.45) is 35.0 Å². The normalized spacial score (nSPS) is 15.5. The fourth-order valence-corrected chi connectivity index (χ4v) is 9.96. The molecule has 0 saturated heterocycles. The monoisotopic (exact) mass is 1380 g/mol. The number of hydrogen-bond donors (Lipinski definition) is 19. The van der Waals surface area contributed by atoms with E-state index in [1.54, 1.807) is 74.5 Å². The van der Waals surface area contributed by atoms with Gasteiger partial charge in [-0.25, -0.2) is 4.79 Å². The van der Waals surface area contributed by atoms with E-state index >= 15 is 0 Å². The average molecular weight is 1380 g/mol. The molecule has 0 aromatic heterocycles. The number of carboxylic acid groups (broad SMARTS) is 3. The second kappa shape index (κ2) is 43.9. The number of aliphatic hydroxyl groups excluding tert-OH is 2. The van der Waals surface area contributed by atoms with E-state index in [4.69, 9.17) is 17.2 Å². The predicted molar refractivity (Wildman–Crippen MR) is 356 cm³/mol. The molecule has 0 heterocycles. The molecule has 0 bridgehead atoms. The standard InChI is InChI=1S/C65H102N14O19/c1-9-36(6)52(77-60(92)46(32-49(85)86)69-47(82)33-68)62(94)70-41(24-16-18-28-66)56(88)75-50(34(2)3)61(93)72-43(26-27-48(83)84)55(87)73-44(30-39-20-12-10-13-21-39)58(90)74-45(31-40-22-14-11-15-23-40)59(91)79-53(37(7)80)63(95)71-42(25-17-19-29-67)57(89)78-54(38(8)81)64(96)76-51(35(4)5)65(97)98/h10-15,20-23,34-38,41-46,50-54,80-81H,9,16-19,24-33,66-68H2,1-8H3,(H,69,82)(H,70,94)(H,71,95)(H,72,93)(H,73,87)(H,74,90)(H,75,88)(H,76,96)(H,77,92)(H,78,89)(H,79,91)(H,83,84)(H,85,86)(H,97,98)/t36-,37+,38+,41-,42-,43-,44-,45-,46-,50-,51-,52-,53-,54-/m0/s1. The molecule has 2 aromatic rings. The SMILES string of the molecule is CC[C@H](C)[C@H](NC(=O)[C@H](CC(=O)O)NC(=O)CN)C(=O)N[C@@H](CCCCN)C(=O)N[C@H](C(=O)N[C@@H](CCC(=O)O)C(=O)N[C@@H](Cc1ccccc1)C(=O)N[C@@H](Cc1ccccc1)C(=O)N[C@H](C(=O)N[C@@H](CCCCN)C(=O)N[C@H](C(=O)N[C@H](C(=O)O)C(C)C)[C@@H](C)O)[C@@H](C)O)C(C)C. The van der Waals surface area contributed by atoms with Crippen molar-refractivity contribution in [3.8, 4) is 0 Å². The Bertz CT molecular complexity index is 2980. The Morgan fingerprint density at radius 3 is 1.09 bits per heavy atom. The molecule has 98 heavy (non-hydrogen) atoms. The predicted octanol–water partition coefficient (Wildman–Crippen LogP) is -3.43. The van der Waals surface area contributed by atoms with Crippen molar-refractivity contribution in [1.29, 1.82) is 0 Å². The molecular weight excluding hydrogens is 1280 g/mol. The molecule has 0 aliphatic heterocycles. The summed E-state index contributed by atoms with van der Waals surface area (Å²) in [6, 6.07) is -0.992. The van der Waals surface area contributed by atoms with E-state index in [9.17, 15) is 92.7 Å². The van der Waals surface area contributed by atoms with Crippen molar-refractivity contribution in [2.75, 3.05) is 19.6 Å². The third-order valence-corrected chi connectivity index (χ3v) is 15.9. The molecular formula is C65H102N14O19. The molecule has 0 spiro atoms. The molecule has 0 aliphatic carbocycles. The average Bonchev–Trinajstić information content (AvgIpc) is 1.07. The van der Waals surface area contributed by atoms with Gasteiger partial charge in [0.05, 0.1) is 25.2 Å². The van der Waals surface area contributed by atoms with Gasteiger partial charge in [-0.05, 0) is 101 Å². The van der Waals surface area contributed by atoms with Crippen LogP contribution in [0, 0.1) is 17.8 Å². The number of aliphatic carboxylic acids is 3. The molecule has 0 saturated carbocycles. The molecule has 33 heteroatoms. The van der Waals surface area contributed by atoms with Crippen molar-refractivity contribution in [1.82, 2.24) is 58.5 Å². The summed E-state index contributed by atoms with van der Waals surface area (Å²) in [6.07, 6.45) is -4.64. The summed E-state index contributed by atoms with van der Waals surface area (Å²) in [4.78, 5) is 190. The first-order chi connectivity index (χ1) is 46.2. The van der Waals surface area contributed by atoms with E-state index in [1.807, 2.05) is 0 Å². The van der Waals surface area contributed by atoms with Gasteiger partial charge in [0, 0.05) is 19.3 Å². The summed E-state index contributed by atoms with van der Waals surface area (Å²) in [7, 11) is 0. The summed E-state index contributed by atoms with van der Waals surface area (Å²) in [6.45, 7) is 11.5. The fourth-order valence-electron chi connectivity index (χ4n) is 9.96. The van der Waals surface area contributed by atoms with Crippen molar-refractivity contribution in [3.63, 3.8) is 0 Å². The quantitative estimate of drug-likeness (QED) is 0.0287. The number of nitrogens with two attached hydrogens (primary N) is 3. The number of hydrogen-bond acceptors (Lipinski definition) is 19. The van der Waals surface area contributed by atoms with Crippen LogP contribution < -0.4 is 75.7 Å². The van der Waals surface area contributed by atoms with Crippen LogP contribution in [0.25, 0.3) is 0 Å². The number of rotatable bonds is 46. The van der Waals surface area contributed by atoms with Gasteiger partial charge in [-0.1, -0.05) is 109 Å². The van der Waals surface area contributed by atoms with Crippen LogP contribution in [0.4, 0.5) is 0 Å². The van der Waals surface area contributed by atoms with Crippen molar-refractivity contribution < 1.29 is 92.7 Å². The van der Waals surface area contributed by atoms with Crippen LogP contribution >= 0.6 is 0 Å². The highest BCUT2D eigenvalue weighted by atomic mass is 16.4. The van der Waals surface area contributed by atoms with Gasteiger partial charge in [0.25, 0.3) is 0 Å². The van der Waals surface area contributed by atoms with E-state index in [-0.39, 0.29) is 58.0 Å². The minimum atomic E-state index is -1.85. The van der Waals surface area contributed by atoms with Crippen LogP contribution in [0.2, 0.25) is 0 Å². The van der Waals surface area contributed by atoms with E-state index in [0.717, 1.165) is 6.92 Å². The zero-order chi connectivity index (χ0) is 73.9. The lowest BCUT2D eigenvalue weighted by Gasteiger charge is -2.30. The van der Waals surface area contributed by atoms with Gasteiger partial charge in [0.15, 0.2) is 0 Å². The maximum atomic E-state index is 14.8. The van der Waals surface area contributed by atoms with Gasteiger partial charge in [-0.15, -0.1) is 0 Å². The number of carbonyl (C=O) groups is 14. The van der Waals surface area contributed by atoms with Crippen LogP contribution in [0.5, 0.6) is 0 Å². The maximum absolute atomic E-state index is 14.8.